The van der Waals surface area contributed by atoms with Crippen LogP contribution in [-0.4, -0.2) is 24.1 Å². The van der Waals surface area contributed by atoms with Crippen molar-refractivity contribution in [2.45, 2.75) is 31.1 Å². The Labute approximate surface area is 167 Å². The van der Waals surface area contributed by atoms with E-state index in [0.717, 1.165) is 30.5 Å². The van der Waals surface area contributed by atoms with Gasteiger partial charge in [-0.2, -0.15) is 5.10 Å². The van der Waals surface area contributed by atoms with E-state index in [2.05, 4.69) is 10.4 Å². The van der Waals surface area contributed by atoms with Crippen LogP contribution in [0.4, 0.5) is 10.1 Å². The van der Waals surface area contributed by atoms with Gasteiger partial charge in [-0.25, -0.2) is 22.6 Å². The van der Waals surface area contributed by atoms with Crippen LogP contribution in [-0.2, 0) is 22.9 Å². The molecule has 0 radical (unpaired) electrons. The lowest BCUT2D eigenvalue weighted by atomic mass is 10.2. The standard InChI is InChI=1S/C20H19FN4O3S/c1-12-5-8-14(11-18(12)29(22,27)28)23-20(26)19-16-3-2-4-17(16)25(24-19)15-9-6-13(21)7-10-15/h5-11H,2-4H2,1H3,(H,23,26)(H2,22,27,28). The number of amides is 1. The number of benzene rings is 2. The van der Waals surface area contributed by atoms with Crippen LogP contribution < -0.4 is 10.5 Å². The molecule has 0 saturated heterocycles. The van der Waals surface area contributed by atoms with E-state index >= 15 is 0 Å². The molecule has 0 fully saturated rings. The first-order valence-corrected chi connectivity index (χ1v) is 10.6. The highest BCUT2D eigenvalue weighted by molar-refractivity contribution is 7.89. The molecule has 4 rings (SSSR count). The molecular formula is C20H19FN4O3S. The summed E-state index contributed by atoms with van der Waals surface area (Å²) in [7, 11) is -3.90. The van der Waals surface area contributed by atoms with Gasteiger partial charge in [0, 0.05) is 16.9 Å². The predicted octanol–water partition coefficient (Wildman–Crippen LogP) is 2.71. The molecule has 3 aromatic rings. The topological polar surface area (TPSA) is 107 Å². The molecule has 0 atom stereocenters. The van der Waals surface area contributed by atoms with Gasteiger partial charge in [-0.3, -0.25) is 4.79 Å². The summed E-state index contributed by atoms with van der Waals surface area (Å²) < 4.78 is 38.4. The van der Waals surface area contributed by atoms with E-state index < -0.39 is 15.9 Å². The summed E-state index contributed by atoms with van der Waals surface area (Å²) in [5.74, 6) is -0.784. The molecule has 1 aliphatic rings. The minimum atomic E-state index is -3.90. The van der Waals surface area contributed by atoms with E-state index in [1.807, 2.05) is 0 Å². The molecule has 7 nitrogen and oxygen atoms in total. The van der Waals surface area contributed by atoms with Crippen LogP contribution in [0.1, 0.15) is 33.7 Å². The molecule has 0 aliphatic heterocycles. The number of nitrogens with zero attached hydrogens (tertiary/aromatic N) is 2. The molecule has 29 heavy (non-hydrogen) atoms. The smallest absolute Gasteiger partial charge is 0.276 e. The Kier molecular flexibility index (Phi) is 4.71. The number of nitrogens with one attached hydrogen (secondary N) is 1. The quantitative estimate of drug-likeness (QED) is 0.684. The fourth-order valence-corrected chi connectivity index (χ4v) is 4.40. The van der Waals surface area contributed by atoms with Crippen LogP contribution in [0.15, 0.2) is 47.4 Å². The van der Waals surface area contributed by atoms with Gasteiger partial charge in [0.05, 0.1) is 10.6 Å². The Morgan fingerprint density at radius 1 is 1.17 bits per heavy atom. The van der Waals surface area contributed by atoms with Gasteiger partial charge >= 0.3 is 0 Å². The van der Waals surface area contributed by atoms with Crippen LogP contribution in [0.2, 0.25) is 0 Å². The molecule has 0 spiro atoms. The normalized spacial score (nSPS) is 13.3. The molecule has 0 bridgehead atoms. The second-order valence-electron chi connectivity index (χ2n) is 7.00. The first kappa shape index (κ1) is 19.3. The molecule has 0 unspecified atom stereocenters. The van der Waals surface area contributed by atoms with E-state index in [1.54, 1.807) is 35.9 Å². The van der Waals surface area contributed by atoms with Crippen LogP contribution in [0.5, 0.6) is 0 Å². The van der Waals surface area contributed by atoms with E-state index in [9.17, 15) is 17.6 Å². The monoisotopic (exact) mass is 414 g/mol. The maximum atomic E-state index is 13.3. The molecule has 150 valence electrons. The van der Waals surface area contributed by atoms with Crippen molar-refractivity contribution in [1.29, 1.82) is 0 Å². The Hall–Kier alpha value is -3.04. The van der Waals surface area contributed by atoms with E-state index in [4.69, 9.17) is 5.14 Å². The number of carbonyl (C=O) groups is 1. The van der Waals surface area contributed by atoms with Gasteiger partial charge < -0.3 is 5.32 Å². The zero-order valence-corrected chi connectivity index (χ0v) is 16.5. The highest BCUT2D eigenvalue weighted by Gasteiger charge is 2.27. The van der Waals surface area contributed by atoms with Crippen molar-refractivity contribution in [3.05, 3.63) is 70.8 Å². The van der Waals surface area contributed by atoms with Crippen molar-refractivity contribution in [3.63, 3.8) is 0 Å². The fraction of sp³-hybridized carbons (Fsp3) is 0.200. The molecule has 1 amide bonds. The van der Waals surface area contributed by atoms with Gasteiger partial charge in [0.1, 0.15) is 5.82 Å². The summed E-state index contributed by atoms with van der Waals surface area (Å²) in [6, 6.07) is 10.4. The van der Waals surface area contributed by atoms with E-state index in [1.165, 1.54) is 18.2 Å². The Morgan fingerprint density at radius 3 is 2.59 bits per heavy atom. The van der Waals surface area contributed by atoms with Crippen molar-refractivity contribution in [3.8, 4) is 5.69 Å². The molecule has 3 N–H and O–H groups in total. The molecule has 0 saturated carbocycles. The van der Waals surface area contributed by atoms with Crippen molar-refractivity contribution in [2.24, 2.45) is 5.14 Å². The fourth-order valence-electron chi connectivity index (χ4n) is 3.59. The molecule has 1 aromatic heterocycles. The van der Waals surface area contributed by atoms with Gasteiger partial charge in [0.25, 0.3) is 5.91 Å². The van der Waals surface area contributed by atoms with Crippen LogP contribution >= 0.6 is 0 Å². The number of aromatic nitrogens is 2. The largest absolute Gasteiger partial charge is 0.321 e. The lowest BCUT2D eigenvalue weighted by Crippen LogP contribution is -2.17. The summed E-state index contributed by atoms with van der Waals surface area (Å²) >= 11 is 0. The van der Waals surface area contributed by atoms with E-state index in [-0.39, 0.29) is 16.4 Å². The molecule has 1 aliphatic carbocycles. The number of carbonyl (C=O) groups excluding carboxylic acids is 1. The lowest BCUT2D eigenvalue weighted by molar-refractivity contribution is 0.102. The lowest BCUT2D eigenvalue weighted by Gasteiger charge is -2.08. The number of halogens is 1. The van der Waals surface area contributed by atoms with Gasteiger partial charge in [-0.05, 0) is 68.1 Å². The number of rotatable bonds is 4. The van der Waals surface area contributed by atoms with Crippen LogP contribution in [0.25, 0.3) is 5.69 Å². The number of anilines is 1. The van der Waals surface area contributed by atoms with Crippen LogP contribution in [0.3, 0.4) is 0 Å². The van der Waals surface area contributed by atoms with E-state index in [0.29, 0.717) is 16.9 Å². The maximum absolute atomic E-state index is 13.3. The highest BCUT2D eigenvalue weighted by atomic mass is 32.2. The number of hydrogen-bond acceptors (Lipinski definition) is 4. The number of aryl methyl sites for hydroxylation is 1. The average Bonchev–Trinajstić information content (AvgIpc) is 3.26. The second-order valence-corrected chi connectivity index (χ2v) is 8.52. The number of hydrogen-bond donors (Lipinski definition) is 2. The summed E-state index contributed by atoms with van der Waals surface area (Å²) in [6.07, 6.45) is 2.39. The zero-order valence-electron chi connectivity index (χ0n) is 15.6. The summed E-state index contributed by atoms with van der Waals surface area (Å²) in [4.78, 5) is 12.8. The average molecular weight is 414 g/mol. The van der Waals surface area contributed by atoms with Gasteiger partial charge in [0.2, 0.25) is 10.0 Å². The van der Waals surface area contributed by atoms with Gasteiger partial charge in [-0.15, -0.1) is 0 Å². The maximum Gasteiger partial charge on any atom is 0.276 e. The number of sulfonamides is 1. The summed E-state index contributed by atoms with van der Waals surface area (Å²) in [5.41, 5.74) is 3.54. The summed E-state index contributed by atoms with van der Waals surface area (Å²) in [6.45, 7) is 1.63. The highest BCUT2D eigenvalue weighted by Crippen LogP contribution is 2.29. The third-order valence-electron chi connectivity index (χ3n) is 4.97. The first-order valence-electron chi connectivity index (χ1n) is 9.05. The molecule has 1 heterocycles. The molecule has 2 aromatic carbocycles. The molecule has 9 heteroatoms. The Bertz CT molecular complexity index is 1220. The Balaban J connectivity index is 1.69. The zero-order chi connectivity index (χ0) is 20.8. The summed E-state index contributed by atoms with van der Waals surface area (Å²) in [5, 5.41) is 12.4. The van der Waals surface area contributed by atoms with Crippen molar-refractivity contribution < 1.29 is 17.6 Å². The Morgan fingerprint density at radius 2 is 1.90 bits per heavy atom. The van der Waals surface area contributed by atoms with Crippen molar-refractivity contribution in [1.82, 2.24) is 9.78 Å². The van der Waals surface area contributed by atoms with Gasteiger partial charge in [0.15, 0.2) is 5.69 Å². The first-order chi connectivity index (χ1) is 13.7. The minimum Gasteiger partial charge on any atom is -0.321 e. The van der Waals surface area contributed by atoms with Crippen molar-refractivity contribution in [2.75, 3.05) is 5.32 Å². The number of primary sulfonamides is 1. The minimum absolute atomic E-state index is 0.0441. The number of nitrogens with two attached hydrogens (primary N) is 1. The third kappa shape index (κ3) is 3.66. The van der Waals surface area contributed by atoms with Crippen LogP contribution in [0, 0.1) is 12.7 Å². The predicted molar refractivity (Wildman–Crippen MR) is 106 cm³/mol. The second kappa shape index (κ2) is 7.09. The molecular weight excluding hydrogens is 395 g/mol. The third-order valence-corrected chi connectivity index (χ3v) is 6.02. The SMILES string of the molecule is Cc1ccc(NC(=O)c2nn(-c3ccc(F)cc3)c3c2CCC3)cc1S(N)(=O)=O. The van der Waals surface area contributed by atoms with Gasteiger partial charge in [-0.1, -0.05) is 6.07 Å². The number of fused-ring (bicyclic) bond motifs is 1. The van der Waals surface area contributed by atoms with Crippen molar-refractivity contribution >= 4 is 21.6 Å².